The molecule has 0 saturated heterocycles. The van der Waals surface area contributed by atoms with E-state index >= 15 is 0 Å². The highest BCUT2D eigenvalue weighted by Gasteiger charge is 2.26. The van der Waals surface area contributed by atoms with Gasteiger partial charge in [-0.05, 0) is 18.4 Å². The van der Waals surface area contributed by atoms with Crippen LogP contribution in [0.4, 0.5) is 4.79 Å². The van der Waals surface area contributed by atoms with Crippen LogP contribution in [-0.2, 0) is 25.7 Å². The molecular weight excluding hydrogens is 348 g/mol. The molecule has 0 aliphatic heterocycles. The van der Waals surface area contributed by atoms with Crippen molar-refractivity contribution < 1.29 is 23.9 Å². The van der Waals surface area contributed by atoms with Crippen LogP contribution in [0.2, 0.25) is 0 Å². The Morgan fingerprint density at radius 1 is 0.963 bits per heavy atom. The molecule has 0 heterocycles. The van der Waals surface area contributed by atoms with Gasteiger partial charge in [0.25, 0.3) is 0 Å². The molecule has 7 heteroatoms. The van der Waals surface area contributed by atoms with Crippen molar-refractivity contribution in [2.24, 2.45) is 0 Å². The molecule has 0 aliphatic rings. The molecule has 2 amide bonds. The van der Waals surface area contributed by atoms with Crippen LogP contribution in [-0.4, -0.2) is 37.2 Å². The van der Waals surface area contributed by atoms with Crippen LogP contribution in [0, 0.1) is 0 Å². The maximum Gasteiger partial charge on any atom is 0.408 e. The third-order valence-electron chi connectivity index (χ3n) is 4.05. The minimum Gasteiger partial charge on any atom is -0.467 e. The average molecular weight is 378 g/mol. The normalized spacial score (nSPS) is 12.6. The lowest BCUT2D eigenvalue weighted by atomic mass is 10.1. The third kappa shape index (κ3) is 8.57. The van der Waals surface area contributed by atoms with Gasteiger partial charge in [-0.25, -0.2) is 9.59 Å². The summed E-state index contributed by atoms with van der Waals surface area (Å²) in [5.41, 5.74) is 0.856. The fraction of sp³-hybridized carbons (Fsp3) is 0.550. The Morgan fingerprint density at radius 3 is 2.26 bits per heavy atom. The van der Waals surface area contributed by atoms with E-state index in [1.165, 1.54) is 7.11 Å². The van der Waals surface area contributed by atoms with Gasteiger partial charge in [0.05, 0.1) is 7.11 Å². The largest absolute Gasteiger partial charge is 0.467 e. The lowest BCUT2D eigenvalue weighted by Gasteiger charge is -2.21. The molecule has 1 aromatic rings. The summed E-state index contributed by atoms with van der Waals surface area (Å²) >= 11 is 0. The Hall–Kier alpha value is -2.57. The molecule has 0 aromatic heterocycles. The summed E-state index contributed by atoms with van der Waals surface area (Å²) in [6.45, 7) is 4.03. The molecule has 0 radical (unpaired) electrons. The molecular formula is C20H30N2O5. The van der Waals surface area contributed by atoms with Crippen LogP contribution in [0.1, 0.15) is 51.5 Å². The summed E-state index contributed by atoms with van der Waals surface area (Å²) in [6, 6.07) is 7.79. The number of nitrogens with one attached hydrogen (secondary N) is 2. The first kappa shape index (κ1) is 22.5. The van der Waals surface area contributed by atoms with Gasteiger partial charge < -0.3 is 20.1 Å². The molecule has 0 bridgehead atoms. The Kier molecular flexibility index (Phi) is 10.6. The number of unbranched alkanes of at least 4 members (excludes halogenated alkanes) is 1. The second-order valence-corrected chi connectivity index (χ2v) is 6.27. The molecule has 1 rings (SSSR count). The molecule has 0 saturated carbocycles. The Morgan fingerprint density at radius 2 is 1.67 bits per heavy atom. The van der Waals surface area contributed by atoms with Crippen molar-refractivity contribution in [2.45, 2.75) is 64.6 Å². The molecule has 0 spiro atoms. The van der Waals surface area contributed by atoms with Gasteiger partial charge in [-0.2, -0.15) is 0 Å². The Balaban J connectivity index is 2.61. The van der Waals surface area contributed by atoms with E-state index in [0.717, 1.165) is 18.4 Å². The first-order valence-electron chi connectivity index (χ1n) is 9.37. The first-order valence-corrected chi connectivity index (χ1v) is 9.37. The Bertz CT molecular complexity index is 591. The summed E-state index contributed by atoms with van der Waals surface area (Å²) in [5, 5.41) is 5.26. The highest BCUT2D eigenvalue weighted by Crippen LogP contribution is 2.06. The quantitative estimate of drug-likeness (QED) is 0.578. The van der Waals surface area contributed by atoms with Crippen molar-refractivity contribution in [2.75, 3.05) is 7.11 Å². The van der Waals surface area contributed by atoms with Crippen LogP contribution >= 0.6 is 0 Å². The predicted molar refractivity (Wildman–Crippen MR) is 102 cm³/mol. The summed E-state index contributed by atoms with van der Waals surface area (Å²) in [5.74, 6) is -0.904. The first-order chi connectivity index (χ1) is 13.0. The molecule has 1 aromatic carbocycles. The van der Waals surface area contributed by atoms with E-state index in [4.69, 9.17) is 9.47 Å². The number of carbonyl (C=O) groups is 3. The standard InChI is InChI=1S/C20H30N2O5/c1-4-6-13-17(19(24)26-3)21-18(23)16(10-5-2)22-20(25)27-14-15-11-8-7-9-12-15/h7-9,11-12,16-17H,4-6,10,13-14H2,1-3H3,(H,21,23)(H,22,25). The zero-order valence-electron chi connectivity index (χ0n) is 16.3. The average Bonchev–Trinajstić information content (AvgIpc) is 2.69. The zero-order chi connectivity index (χ0) is 20.1. The van der Waals surface area contributed by atoms with Gasteiger partial charge in [0.1, 0.15) is 18.7 Å². The van der Waals surface area contributed by atoms with Gasteiger partial charge in [0, 0.05) is 0 Å². The fourth-order valence-corrected chi connectivity index (χ4v) is 2.54. The van der Waals surface area contributed by atoms with E-state index < -0.39 is 30.1 Å². The summed E-state index contributed by atoms with van der Waals surface area (Å²) in [6.07, 6.45) is 2.63. The van der Waals surface area contributed by atoms with Crippen LogP contribution in [0.25, 0.3) is 0 Å². The number of rotatable bonds is 11. The van der Waals surface area contributed by atoms with Crippen LogP contribution in [0.5, 0.6) is 0 Å². The van der Waals surface area contributed by atoms with Gasteiger partial charge in [0.2, 0.25) is 5.91 Å². The van der Waals surface area contributed by atoms with E-state index in [1.54, 1.807) is 0 Å². The number of alkyl carbamates (subject to hydrolysis) is 1. The van der Waals surface area contributed by atoms with E-state index in [-0.39, 0.29) is 6.61 Å². The SMILES string of the molecule is CCCCC(NC(=O)C(CCC)NC(=O)OCc1ccccc1)C(=O)OC. The van der Waals surface area contributed by atoms with Gasteiger partial charge in [-0.15, -0.1) is 0 Å². The van der Waals surface area contributed by atoms with E-state index in [2.05, 4.69) is 10.6 Å². The molecule has 2 unspecified atom stereocenters. The second-order valence-electron chi connectivity index (χ2n) is 6.27. The van der Waals surface area contributed by atoms with Gasteiger partial charge >= 0.3 is 12.1 Å². The molecule has 7 nitrogen and oxygen atoms in total. The lowest BCUT2D eigenvalue weighted by Crippen LogP contribution is -2.51. The smallest absolute Gasteiger partial charge is 0.408 e. The van der Waals surface area contributed by atoms with Crippen molar-refractivity contribution in [1.82, 2.24) is 10.6 Å². The third-order valence-corrected chi connectivity index (χ3v) is 4.05. The van der Waals surface area contributed by atoms with Crippen molar-refractivity contribution in [3.05, 3.63) is 35.9 Å². The fourth-order valence-electron chi connectivity index (χ4n) is 2.54. The summed E-state index contributed by atoms with van der Waals surface area (Å²) < 4.78 is 9.92. The van der Waals surface area contributed by atoms with Gasteiger partial charge in [-0.1, -0.05) is 63.4 Å². The maximum absolute atomic E-state index is 12.5. The van der Waals surface area contributed by atoms with Crippen molar-refractivity contribution in [3.63, 3.8) is 0 Å². The summed E-state index contributed by atoms with van der Waals surface area (Å²) in [7, 11) is 1.29. The number of methoxy groups -OCH3 is 1. The molecule has 2 N–H and O–H groups in total. The number of benzene rings is 1. The molecule has 0 fully saturated rings. The second kappa shape index (κ2) is 12.7. The minimum absolute atomic E-state index is 0.119. The van der Waals surface area contributed by atoms with E-state index in [9.17, 15) is 14.4 Å². The van der Waals surface area contributed by atoms with E-state index in [0.29, 0.717) is 19.3 Å². The Labute approximate surface area is 160 Å². The van der Waals surface area contributed by atoms with Gasteiger partial charge in [0.15, 0.2) is 0 Å². The van der Waals surface area contributed by atoms with Crippen LogP contribution in [0.3, 0.4) is 0 Å². The topological polar surface area (TPSA) is 93.7 Å². The van der Waals surface area contributed by atoms with Crippen LogP contribution in [0.15, 0.2) is 30.3 Å². The number of hydrogen-bond acceptors (Lipinski definition) is 5. The van der Waals surface area contributed by atoms with Crippen LogP contribution < -0.4 is 10.6 Å². The molecule has 2 atom stereocenters. The van der Waals surface area contributed by atoms with Crippen molar-refractivity contribution >= 4 is 18.0 Å². The molecule has 150 valence electrons. The maximum atomic E-state index is 12.5. The number of esters is 1. The van der Waals surface area contributed by atoms with Crippen molar-refractivity contribution in [1.29, 1.82) is 0 Å². The lowest BCUT2D eigenvalue weighted by molar-refractivity contribution is -0.145. The molecule has 0 aliphatic carbocycles. The number of carbonyl (C=O) groups excluding carboxylic acids is 3. The summed E-state index contributed by atoms with van der Waals surface area (Å²) in [4.78, 5) is 36.5. The van der Waals surface area contributed by atoms with E-state index in [1.807, 2.05) is 44.2 Å². The highest BCUT2D eigenvalue weighted by molar-refractivity contribution is 5.89. The zero-order valence-corrected chi connectivity index (χ0v) is 16.3. The van der Waals surface area contributed by atoms with Crippen molar-refractivity contribution in [3.8, 4) is 0 Å². The number of hydrogen-bond donors (Lipinski definition) is 2. The predicted octanol–water partition coefficient (Wildman–Crippen LogP) is 2.93. The monoisotopic (exact) mass is 378 g/mol. The number of amides is 2. The highest BCUT2D eigenvalue weighted by atomic mass is 16.5. The number of ether oxygens (including phenoxy) is 2. The minimum atomic E-state index is -0.771. The molecule has 27 heavy (non-hydrogen) atoms. The van der Waals surface area contributed by atoms with Gasteiger partial charge in [-0.3, -0.25) is 4.79 Å².